The Balaban J connectivity index is 1.23. The molecule has 196 valence electrons. The van der Waals surface area contributed by atoms with Crippen LogP contribution in [0.25, 0.3) is 0 Å². The van der Waals surface area contributed by atoms with Crippen LogP contribution in [0.5, 0.6) is 0 Å². The zero-order valence-electron chi connectivity index (χ0n) is 21.2. The van der Waals surface area contributed by atoms with Gasteiger partial charge in [-0.1, -0.05) is 6.07 Å². The smallest absolute Gasteiger partial charge is 0.256 e. The van der Waals surface area contributed by atoms with Crippen LogP contribution < -0.4 is 14.1 Å². The van der Waals surface area contributed by atoms with Crippen LogP contribution in [0.15, 0.2) is 30.5 Å². The Bertz CT molecular complexity index is 1350. The van der Waals surface area contributed by atoms with Crippen LogP contribution in [0.3, 0.4) is 0 Å². The number of amides is 2. The molecule has 0 spiro atoms. The number of rotatable bonds is 5. The fourth-order valence-corrected chi connectivity index (χ4v) is 7.33. The van der Waals surface area contributed by atoms with Gasteiger partial charge in [0, 0.05) is 57.6 Å². The molecule has 0 bridgehead atoms. The van der Waals surface area contributed by atoms with Gasteiger partial charge < -0.3 is 14.7 Å². The Hall–Kier alpha value is -3.14. The lowest BCUT2D eigenvalue weighted by Gasteiger charge is -2.36. The van der Waals surface area contributed by atoms with Crippen LogP contribution in [0.1, 0.15) is 59.5 Å². The molecule has 1 aromatic heterocycles. The highest BCUT2D eigenvalue weighted by molar-refractivity contribution is 7.93. The van der Waals surface area contributed by atoms with Crippen molar-refractivity contribution in [1.82, 2.24) is 9.88 Å². The monoisotopic (exact) mass is 523 g/mol. The fraction of sp³-hybridized carbons (Fsp3) is 0.519. The summed E-state index contributed by atoms with van der Waals surface area (Å²) in [5.41, 5.74) is 3.89. The van der Waals surface area contributed by atoms with Crippen molar-refractivity contribution >= 4 is 39.0 Å². The van der Waals surface area contributed by atoms with Crippen LogP contribution in [0.4, 0.5) is 17.2 Å². The molecule has 1 aliphatic carbocycles. The van der Waals surface area contributed by atoms with Crippen molar-refractivity contribution in [3.8, 4) is 0 Å². The van der Waals surface area contributed by atoms with E-state index in [9.17, 15) is 18.0 Å². The van der Waals surface area contributed by atoms with Crippen LogP contribution in [0, 0.1) is 6.92 Å². The lowest BCUT2D eigenvalue weighted by atomic mass is 10.1. The molecule has 4 fully saturated rings. The van der Waals surface area contributed by atoms with Crippen LogP contribution in [-0.2, 0) is 14.8 Å². The summed E-state index contributed by atoms with van der Waals surface area (Å²) in [5, 5.41) is 0. The van der Waals surface area contributed by atoms with Gasteiger partial charge in [-0.25, -0.2) is 13.4 Å². The summed E-state index contributed by atoms with van der Waals surface area (Å²) in [6.45, 7) is 5.44. The molecule has 2 aromatic rings. The molecule has 0 N–H and O–H groups in total. The normalized spacial score (nSPS) is 21.7. The van der Waals surface area contributed by atoms with E-state index in [4.69, 9.17) is 4.98 Å². The second-order valence-corrected chi connectivity index (χ2v) is 12.6. The van der Waals surface area contributed by atoms with E-state index in [2.05, 4.69) is 17.9 Å². The highest BCUT2D eigenvalue weighted by atomic mass is 32.2. The van der Waals surface area contributed by atoms with Gasteiger partial charge in [-0.3, -0.25) is 13.9 Å². The number of anilines is 3. The summed E-state index contributed by atoms with van der Waals surface area (Å²) in [5.74, 6) is 1.56. The molecule has 10 heteroatoms. The topological polar surface area (TPSA) is 94.1 Å². The first-order valence-corrected chi connectivity index (χ1v) is 14.9. The van der Waals surface area contributed by atoms with Crippen molar-refractivity contribution in [2.45, 2.75) is 44.9 Å². The summed E-state index contributed by atoms with van der Waals surface area (Å²) >= 11 is 0. The number of hydrogen-bond acceptors (Lipinski definition) is 6. The molecule has 0 unspecified atom stereocenters. The second-order valence-electron chi connectivity index (χ2n) is 10.6. The number of aromatic nitrogens is 1. The van der Waals surface area contributed by atoms with Crippen molar-refractivity contribution in [2.24, 2.45) is 0 Å². The van der Waals surface area contributed by atoms with E-state index in [1.165, 1.54) is 22.7 Å². The molecule has 1 aromatic carbocycles. The molecule has 3 aliphatic heterocycles. The highest BCUT2D eigenvalue weighted by Crippen LogP contribution is 2.40. The Morgan fingerprint density at radius 1 is 1.00 bits per heavy atom. The maximum atomic E-state index is 13.7. The lowest BCUT2D eigenvalue weighted by Crippen LogP contribution is -2.49. The van der Waals surface area contributed by atoms with E-state index < -0.39 is 10.0 Å². The molecular formula is C27H33N5O4S. The maximum Gasteiger partial charge on any atom is 0.256 e. The first-order chi connectivity index (χ1) is 17.8. The largest absolute Gasteiger partial charge is 0.353 e. The molecule has 0 radical (unpaired) electrons. The summed E-state index contributed by atoms with van der Waals surface area (Å²) in [6.07, 6.45) is 6.27. The van der Waals surface area contributed by atoms with E-state index in [1.807, 2.05) is 6.20 Å². The minimum atomic E-state index is -3.49. The number of aryl methyl sites for hydroxylation is 1. The summed E-state index contributed by atoms with van der Waals surface area (Å²) in [6, 6.07) is 7.42. The molecule has 1 saturated carbocycles. The van der Waals surface area contributed by atoms with Crippen LogP contribution >= 0.6 is 0 Å². The van der Waals surface area contributed by atoms with Crippen molar-refractivity contribution in [3.63, 3.8) is 0 Å². The second kappa shape index (κ2) is 9.31. The van der Waals surface area contributed by atoms with E-state index in [0.29, 0.717) is 75.0 Å². The standard InChI is InChI=1S/C27H33N5O4S/c1-19-16-21(20-5-6-20)18-28-26(19)29-11-13-30(14-12-29)27(34)23-8-7-22(31-9-2-4-25(31)33)17-24(23)32-10-3-15-37(32,35)36/h7-8,16-18,20H,2-6,9-15H2,1H3. The van der Waals surface area contributed by atoms with Crippen LogP contribution in [-0.4, -0.2) is 75.1 Å². The summed E-state index contributed by atoms with van der Waals surface area (Å²) < 4.78 is 27.0. The maximum absolute atomic E-state index is 13.7. The molecule has 37 heavy (non-hydrogen) atoms. The third-order valence-electron chi connectivity index (χ3n) is 7.95. The van der Waals surface area contributed by atoms with Gasteiger partial charge in [0.05, 0.1) is 17.0 Å². The zero-order chi connectivity index (χ0) is 25.7. The van der Waals surface area contributed by atoms with E-state index in [0.717, 1.165) is 17.8 Å². The predicted octanol–water partition coefficient (Wildman–Crippen LogP) is 2.90. The molecule has 3 saturated heterocycles. The number of piperazine rings is 1. The zero-order valence-corrected chi connectivity index (χ0v) is 22.0. The quantitative estimate of drug-likeness (QED) is 0.598. The third kappa shape index (κ3) is 4.56. The number of benzene rings is 1. The lowest BCUT2D eigenvalue weighted by molar-refractivity contribution is -0.117. The molecule has 4 heterocycles. The molecule has 0 atom stereocenters. The SMILES string of the molecule is Cc1cc(C2CC2)cnc1N1CCN(C(=O)c2ccc(N3CCCC3=O)cc2N2CCCS2(=O)=O)CC1. The number of hydrogen-bond donors (Lipinski definition) is 0. The van der Waals surface area contributed by atoms with Crippen molar-refractivity contribution in [2.75, 3.05) is 59.1 Å². The Kier molecular flexibility index (Phi) is 6.09. The Labute approximate surface area is 218 Å². The summed E-state index contributed by atoms with van der Waals surface area (Å²) in [7, 11) is -3.49. The van der Waals surface area contributed by atoms with Crippen molar-refractivity contribution in [3.05, 3.63) is 47.2 Å². The number of carbonyl (C=O) groups excluding carboxylic acids is 2. The van der Waals surface area contributed by atoms with Gasteiger partial charge in [-0.05, 0) is 67.9 Å². The molecule has 9 nitrogen and oxygen atoms in total. The summed E-state index contributed by atoms with van der Waals surface area (Å²) in [4.78, 5) is 36.5. The molecule has 2 amide bonds. The number of carbonyl (C=O) groups is 2. The molecule has 4 aliphatic rings. The van der Waals surface area contributed by atoms with E-state index in [1.54, 1.807) is 28.0 Å². The number of sulfonamides is 1. The third-order valence-corrected chi connectivity index (χ3v) is 9.81. The van der Waals surface area contributed by atoms with Crippen molar-refractivity contribution in [1.29, 1.82) is 0 Å². The van der Waals surface area contributed by atoms with Gasteiger partial charge in [0.2, 0.25) is 15.9 Å². The molecular weight excluding hydrogens is 490 g/mol. The Morgan fingerprint density at radius 3 is 2.41 bits per heavy atom. The van der Waals surface area contributed by atoms with Gasteiger partial charge in [0.1, 0.15) is 5.82 Å². The highest BCUT2D eigenvalue weighted by Gasteiger charge is 2.34. The van der Waals surface area contributed by atoms with Crippen LogP contribution in [0.2, 0.25) is 0 Å². The van der Waals surface area contributed by atoms with Gasteiger partial charge in [0.15, 0.2) is 0 Å². The minimum absolute atomic E-state index is 0.0273. The van der Waals surface area contributed by atoms with E-state index in [-0.39, 0.29) is 17.6 Å². The van der Waals surface area contributed by atoms with Gasteiger partial charge in [-0.15, -0.1) is 0 Å². The average molecular weight is 524 g/mol. The first kappa shape index (κ1) is 24.2. The predicted molar refractivity (Wildman–Crippen MR) is 143 cm³/mol. The molecule has 6 rings (SSSR count). The van der Waals surface area contributed by atoms with Crippen molar-refractivity contribution < 1.29 is 18.0 Å². The minimum Gasteiger partial charge on any atom is -0.353 e. The van der Waals surface area contributed by atoms with E-state index >= 15 is 0 Å². The Morgan fingerprint density at radius 2 is 1.78 bits per heavy atom. The average Bonchev–Trinajstić information content (AvgIpc) is 3.56. The van der Waals surface area contributed by atoms with Gasteiger partial charge in [0.25, 0.3) is 5.91 Å². The number of nitrogens with zero attached hydrogens (tertiary/aromatic N) is 5. The van der Waals surface area contributed by atoms with Gasteiger partial charge in [-0.2, -0.15) is 0 Å². The fourth-order valence-electron chi connectivity index (χ4n) is 5.76. The number of pyridine rings is 1. The first-order valence-electron chi connectivity index (χ1n) is 13.3. The van der Waals surface area contributed by atoms with Gasteiger partial charge >= 0.3 is 0 Å².